The number of carbonyl (C=O) groups excluding carboxylic acids is 1. The van der Waals surface area contributed by atoms with E-state index in [1.165, 1.54) is 16.8 Å². The lowest BCUT2D eigenvalue weighted by atomic mass is 10.1. The van der Waals surface area contributed by atoms with Crippen LogP contribution in [0.2, 0.25) is 0 Å². The van der Waals surface area contributed by atoms with Crippen LogP contribution in [0.25, 0.3) is 16.6 Å². The molecular weight excluding hydrogens is 361 g/mol. The highest BCUT2D eigenvalue weighted by Gasteiger charge is 2.12. The summed E-state index contributed by atoms with van der Waals surface area (Å²) < 4.78 is 20.1. The lowest BCUT2D eigenvalue weighted by Crippen LogP contribution is -2.26. The van der Waals surface area contributed by atoms with E-state index in [-0.39, 0.29) is 17.4 Å². The molecular formula is C20H18FN5O2. The van der Waals surface area contributed by atoms with Crippen LogP contribution in [0.4, 0.5) is 4.39 Å². The molecule has 2 N–H and O–H groups in total. The first kappa shape index (κ1) is 17.7. The molecule has 0 aliphatic carbocycles. The molecule has 0 saturated carbocycles. The molecule has 4 rings (SSSR count). The van der Waals surface area contributed by atoms with Gasteiger partial charge in [0.05, 0.1) is 19.0 Å². The second-order valence-corrected chi connectivity index (χ2v) is 6.26. The van der Waals surface area contributed by atoms with Crippen LogP contribution in [-0.4, -0.2) is 39.5 Å². The molecule has 0 spiro atoms. The van der Waals surface area contributed by atoms with Crippen molar-refractivity contribution in [3.63, 3.8) is 0 Å². The average molecular weight is 379 g/mol. The van der Waals surface area contributed by atoms with E-state index in [1.807, 2.05) is 18.3 Å². The van der Waals surface area contributed by atoms with Gasteiger partial charge in [-0.05, 0) is 54.4 Å². The fourth-order valence-corrected chi connectivity index (χ4v) is 2.99. The Bertz CT molecular complexity index is 1120. The minimum Gasteiger partial charge on any atom is -0.497 e. The number of nitrogens with one attached hydrogen (secondary N) is 2. The van der Waals surface area contributed by atoms with E-state index < -0.39 is 0 Å². The molecule has 4 aromatic rings. The van der Waals surface area contributed by atoms with Gasteiger partial charge in [0.2, 0.25) is 0 Å². The Kier molecular flexibility index (Phi) is 4.76. The molecule has 0 unspecified atom stereocenters. The van der Waals surface area contributed by atoms with Crippen LogP contribution in [0.1, 0.15) is 16.1 Å². The Labute approximate surface area is 160 Å². The number of fused-ring (bicyclic) bond motifs is 1. The van der Waals surface area contributed by atoms with Gasteiger partial charge in [-0.3, -0.25) is 4.79 Å². The Hall–Kier alpha value is -3.68. The molecule has 0 aliphatic heterocycles. The topological polar surface area (TPSA) is 84.8 Å². The van der Waals surface area contributed by atoms with Crippen LogP contribution in [0.3, 0.4) is 0 Å². The van der Waals surface area contributed by atoms with Gasteiger partial charge in [-0.15, -0.1) is 5.10 Å². The predicted octanol–water partition coefficient (Wildman–Crippen LogP) is 2.87. The van der Waals surface area contributed by atoms with Crippen LogP contribution in [0.15, 0.2) is 54.9 Å². The highest BCUT2D eigenvalue weighted by atomic mass is 19.1. The molecule has 0 fully saturated rings. The summed E-state index contributed by atoms with van der Waals surface area (Å²) in [5, 5.41) is 11.6. The molecule has 1 amide bonds. The third-order valence-electron chi connectivity index (χ3n) is 4.47. The van der Waals surface area contributed by atoms with Crippen molar-refractivity contribution >= 4 is 16.8 Å². The van der Waals surface area contributed by atoms with Crippen molar-refractivity contribution in [3.05, 3.63) is 71.9 Å². The molecule has 2 aromatic heterocycles. The van der Waals surface area contributed by atoms with Gasteiger partial charge in [-0.1, -0.05) is 5.21 Å². The molecule has 0 atom stereocenters. The van der Waals surface area contributed by atoms with Gasteiger partial charge < -0.3 is 15.0 Å². The summed E-state index contributed by atoms with van der Waals surface area (Å²) in [5.74, 6) is 0.136. The first-order valence-corrected chi connectivity index (χ1v) is 8.74. The summed E-state index contributed by atoms with van der Waals surface area (Å²) in [5.41, 5.74) is 2.80. The second kappa shape index (κ2) is 7.51. The summed E-state index contributed by atoms with van der Waals surface area (Å²) in [6.07, 6.45) is 3.97. The smallest absolute Gasteiger partial charge is 0.273 e. The van der Waals surface area contributed by atoms with Crippen LogP contribution >= 0.6 is 0 Å². The number of benzene rings is 2. The molecule has 28 heavy (non-hydrogen) atoms. The zero-order valence-corrected chi connectivity index (χ0v) is 15.1. The van der Waals surface area contributed by atoms with Crippen molar-refractivity contribution in [2.75, 3.05) is 13.7 Å². The number of carbonyl (C=O) groups is 1. The first-order chi connectivity index (χ1) is 13.6. The largest absolute Gasteiger partial charge is 0.497 e. The van der Waals surface area contributed by atoms with Crippen LogP contribution < -0.4 is 10.1 Å². The number of aromatic amines is 1. The van der Waals surface area contributed by atoms with Crippen molar-refractivity contribution in [3.8, 4) is 11.4 Å². The van der Waals surface area contributed by atoms with Gasteiger partial charge in [0, 0.05) is 23.6 Å². The number of ether oxygens (including phenoxy) is 1. The fraction of sp³-hybridized carbons (Fsp3) is 0.150. The summed E-state index contributed by atoms with van der Waals surface area (Å²) in [7, 11) is 1.60. The minimum atomic E-state index is -0.314. The second-order valence-electron chi connectivity index (χ2n) is 6.26. The van der Waals surface area contributed by atoms with Crippen LogP contribution in [0.5, 0.6) is 5.75 Å². The number of H-pyrrole nitrogens is 1. The van der Waals surface area contributed by atoms with E-state index >= 15 is 0 Å². The summed E-state index contributed by atoms with van der Waals surface area (Å²) in [6.45, 7) is 0.400. The number of aromatic nitrogens is 4. The van der Waals surface area contributed by atoms with Gasteiger partial charge in [-0.2, -0.15) is 0 Å². The zero-order chi connectivity index (χ0) is 19.5. The zero-order valence-electron chi connectivity index (χ0n) is 15.1. The van der Waals surface area contributed by atoms with E-state index in [0.717, 1.165) is 27.9 Å². The van der Waals surface area contributed by atoms with Crippen molar-refractivity contribution < 1.29 is 13.9 Å². The van der Waals surface area contributed by atoms with Gasteiger partial charge in [0.15, 0.2) is 5.69 Å². The summed E-state index contributed by atoms with van der Waals surface area (Å²) >= 11 is 0. The molecule has 2 aromatic carbocycles. The quantitative estimate of drug-likeness (QED) is 0.540. The van der Waals surface area contributed by atoms with Crippen molar-refractivity contribution in [1.29, 1.82) is 0 Å². The average Bonchev–Trinajstić information content (AvgIpc) is 3.36. The standard InChI is InChI=1S/C20H18FN5O2/c1-28-16-5-3-15(4-6-16)26-12-19(24-25-26)20(27)22-9-8-13-11-23-18-7-2-14(21)10-17(13)18/h2-7,10-12,23H,8-9H2,1H3,(H,22,27). The maximum absolute atomic E-state index is 13.4. The summed E-state index contributed by atoms with van der Waals surface area (Å²) in [6, 6.07) is 11.9. The van der Waals surface area contributed by atoms with E-state index in [0.29, 0.717) is 13.0 Å². The Morgan fingerprint density at radius 2 is 2.07 bits per heavy atom. The molecule has 8 heteroatoms. The third-order valence-corrected chi connectivity index (χ3v) is 4.47. The Balaban J connectivity index is 1.38. The Morgan fingerprint density at radius 3 is 2.86 bits per heavy atom. The van der Waals surface area contributed by atoms with Gasteiger partial charge >= 0.3 is 0 Å². The first-order valence-electron chi connectivity index (χ1n) is 8.74. The minimum absolute atomic E-state index is 0.223. The maximum Gasteiger partial charge on any atom is 0.273 e. The fourth-order valence-electron chi connectivity index (χ4n) is 2.99. The number of hydrogen-bond donors (Lipinski definition) is 2. The highest BCUT2D eigenvalue weighted by molar-refractivity contribution is 5.92. The van der Waals surface area contributed by atoms with Crippen LogP contribution in [0, 0.1) is 5.82 Å². The maximum atomic E-state index is 13.4. The third kappa shape index (κ3) is 3.57. The monoisotopic (exact) mass is 379 g/mol. The van der Waals surface area contributed by atoms with Crippen LogP contribution in [-0.2, 0) is 6.42 Å². The molecule has 0 bridgehead atoms. The van der Waals surface area contributed by atoms with Gasteiger partial charge in [0.25, 0.3) is 5.91 Å². The number of amides is 1. The predicted molar refractivity (Wildman–Crippen MR) is 102 cm³/mol. The Morgan fingerprint density at radius 1 is 1.25 bits per heavy atom. The lowest BCUT2D eigenvalue weighted by molar-refractivity contribution is 0.0949. The number of hydrogen-bond acceptors (Lipinski definition) is 4. The normalized spacial score (nSPS) is 10.9. The van der Waals surface area contributed by atoms with E-state index in [9.17, 15) is 9.18 Å². The molecule has 0 aliphatic rings. The van der Waals surface area contributed by atoms with Gasteiger partial charge in [0.1, 0.15) is 11.6 Å². The number of methoxy groups -OCH3 is 1. The lowest BCUT2D eigenvalue weighted by Gasteiger charge is -2.03. The number of nitrogens with zero attached hydrogens (tertiary/aromatic N) is 3. The van der Waals surface area contributed by atoms with Crippen molar-refractivity contribution in [1.82, 2.24) is 25.3 Å². The van der Waals surface area contributed by atoms with Gasteiger partial charge in [-0.25, -0.2) is 9.07 Å². The summed E-state index contributed by atoms with van der Waals surface area (Å²) in [4.78, 5) is 15.4. The molecule has 7 nitrogen and oxygen atoms in total. The van der Waals surface area contributed by atoms with Crippen molar-refractivity contribution in [2.45, 2.75) is 6.42 Å². The SMILES string of the molecule is COc1ccc(-n2cc(C(=O)NCCc3c[nH]c4ccc(F)cc34)nn2)cc1. The van der Waals surface area contributed by atoms with E-state index in [2.05, 4.69) is 20.6 Å². The molecule has 0 radical (unpaired) electrons. The number of halogens is 1. The van der Waals surface area contributed by atoms with E-state index in [1.54, 1.807) is 31.5 Å². The number of rotatable bonds is 6. The molecule has 2 heterocycles. The highest BCUT2D eigenvalue weighted by Crippen LogP contribution is 2.19. The van der Waals surface area contributed by atoms with Crippen molar-refractivity contribution in [2.24, 2.45) is 0 Å². The molecule has 142 valence electrons. The molecule has 0 saturated heterocycles. The van der Waals surface area contributed by atoms with E-state index in [4.69, 9.17) is 4.74 Å².